The van der Waals surface area contributed by atoms with Gasteiger partial charge in [0.1, 0.15) is 0 Å². The number of amides is 1. The van der Waals surface area contributed by atoms with E-state index < -0.39 is 0 Å². The monoisotopic (exact) mass is 344 g/mol. The van der Waals surface area contributed by atoms with E-state index in [4.69, 9.17) is 0 Å². The van der Waals surface area contributed by atoms with E-state index in [2.05, 4.69) is 70.9 Å². The Morgan fingerprint density at radius 2 is 1.50 bits per heavy atom. The highest BCUT2D eigenvalue weighted by molar-refractivity contribution is 5.81. The SMILES string of the molecule is O=C(C1CC1)N1C[C@@H]2N[C@H](C1)C2c1ccc(/C=C/c2ccccc2)cc1. The van der Waals surface area contributed by atoms with Crippen LogP contribution in [-0.4, -0.2) is 36.0 Å². The molecule has 2 aromatic rings. The van der Waals surface area contributed by atoms with Crippen LogP contribution in [0.15, 0.2) is 54.6 Å². The van der Waals surface area contributed by atoms with Gasteiger partial charge in [-0.1, -0.05) is 66.7 Å². The Morgan fingerprint density at radius 3 is 2.12 bits per heavy atom. The van der Waals surface area contributed by atoms with E-state index in [9.17, 15) is 4.79 Å². The molecule has 1 aliphatic carbocycles. The number of benzene rings is 2. The van der Waals surface area contributed by atoms with Gasteiger partial charge in [-0.05, 0) is 29.5 Å². The number of rotatable bonds is 4. The standard InChI is InChI=1S/C23H24N2O/c26-23(19-12-13-19)25-14-20-22(21(15-25)24-20)18-10-8-17(9-11-18)7-6-16-4-2-1-3-5-16/h1-11,19-22,24H,12-15H2/b7-6+/t20-,21+,22?. The van der Waals surface area contributed by atoms with Crippen LogP contribution in [0.1, 0.15) is 35.4 Å². The summed E-state index contributed by atoms with van der Waals surface area (Å²) in [6.07, 6.45) is 6.50. The van der Waals surface area contributed by atoms with Crippen molar-refractivity contribution >= 4 is 18.1 Å². The average molecular weight is 344 g/mol. The van der Waals surface area contributed by atoms with E-state index in [0.717, 1.165) is 25.9 Å². The molecule has 3 heterocycles. The number of nitrogens with zero attached hydrogens (tertiary/aromatic N) is 1. The van der Waals surface area contributed by atoms with Gasteiger partial charge in [0.15, 0.2) is 0 Å². The van der Waals surface area contributed by atoms with E-state index in [1.807, 2.05) is 6.07 Å². The van der Waals surface area contributed by atoms with Crippen LogP contribution in [0.4, 0.5) is 0 Å². The van der Waals surface area contributed by atoms with Crippen molar-refractivity contribution in [3.63, 3.8) is 0 Å². The largest absolute Gasteiger partial charge is 0.339 e. The Balaban J connectivity index is 1.24. The van der Waals surface area contributed by atoms with Gasteiger partial charge in [-0.25, -0.2) is 0 Å². The number of fused-ring (bicyclic) bond motifs is 2. The Kier molecular flexibility index (Phi) is 3.90. The van der Waals surface area contributed by atoms with Crippen LogP contribution in [0.2, 0.25) is 0 Å². The first-order valence-corrected chi connectivity index (χ1v) is 9.66. The molecule has 4 aliphatic rings. The van der Waals surface area contributed by atoms with E-state index >= 15 is 0 Å². The fraction of sp³-hybridized carbons (Fsp3) is 0.348. The van der Waals surface area contributed by atoms with Gasteiger partial charge in [-0.2, -0.15) is 0 Å². The molecule has 6 rings (SSSR count). The molecule has 2 bridgehead atoms. The zero-order chi connectivity index (χ0) is 17.5. The van der Waals surface area contributed by atoms with Crippen LogP contribution in [0.25, 0.3) is 12.2 Å². The lowest BCUT2D eigenvalue weighted by molar-refractivity contribution is -0.137. The number of piperidine rings is 1. The molecule has 3 saturated heterocycles. The van der Waals surface area contributed by atoms with Gasteiger partial charge in [0, 0.05) is 37.0 Å². The van der Waals surface area contributed by atoms with Crippen molar-refractivity contribution in [2.24, 2.45) is 5.92 Å². The van der Waals surface area contributed by atoms with Crippen LogP contribution < -0.4 is 5.32 Å². The minimum absolute atomic E-state index is 0.335. The van der Waals surface area contributed by atoms with Crippen molar-refractivity contribution < 1.29 is 4.79 Å². The summed E-state index contributed by atoms with van der Waals surface area (Å²) >= 11 is 0. The van der Waals surface area contributed by atoms with Crippen LogP contribution in [0, 0.1) is 5.92 Å². The summed E-state index contributed by atoms with van der Waals surface area (Å²) in [6, 6.07) is 20.1. The molecule has 26 heavy (non-hydrogen) atoms. The average Bonchev–Trinajstić information content (AvgIpc) is 3.53. The zero-order valence-electron chi connectivity index (χ0n) is 14.8. The van der Waals surface area contributed by atoms with Gasteiger partial charge < -0.3 is 10.2 Å². The normalized spacial score (nSPS) is 27.4. The highest BCUT2D eigenvalue weighted by atomic mass is 16.2. The second-order valence-corrected chi connectivity index (χ2v) is 7.83. The number of carbonyl (C=O) groups excluding carboxylic acids is 1. The van der Waals surface area contributed by atoms with Crippen molar-refractivity contribution in [1.82, 2.24) is 10.2 Å². The Morgan fingerprint density at radius 1 is 0.885 bits per heavy atom. The molecule has 0 spiro atoms. The number of hydrogen-bond acceptors (Lipinski definition) is 2. The molecule has 3 aliphatic heterocycles. The lowest BCUT2D eigenvalue weighted by atomic mass is 9.74. The molecule has 3 atom stereocenters. The second kappa shape index (κ2) is 6.40. The van der Waals surface area contributed by atoms with Crippen molar-refractivity contribution in [3.8, 4) is 0 Å². The topological polar surface area (TPSA) is 32.3 Å². The molecular weight excluding hydrogens is 320 g/mol. The molecule has 1 unspecified atom stereocenters. The third-order valence-corrected chi connectivity index (χ3v) is 5.96. The summed E-state index contributed by atoms with van der Waals surface area (Å²) < 4.78 is 0. The quantitative estimate of drug-likeness (QED) is 0.861. The van der Waals surface area contributed by atoms with Gasteiger partial charge in [0.25, 0.3) is 0 Å². The first-order chi connectivity index (χ1) is 12.8. The molecule has 1 amide bonds. The van der Waals surface area contributed by atoms with Crippen molar-refractivity contribution in [2.75, 3.05) is 13.1 Å². The molecule has 0 aromatic heterocycles. The molecule has 132 valence electrons. The molecule has 4 fully saturated rings. The molecule has 0 radical (unpaired) electrons. The molecule has 2 aromatic carbocycles. The van der Waals surface area contributed by atoms with E-state index in [1.54, 1.807) is 0 Å². The lowest BCUT2D eigenvalue weighted by Crippen LogP contribution is -2.72. The van der Waals surface area contributed by atoms with Gasteiger partial charge >= 0.3 is 0 Å². The van der Waals surface area contributed by atoms with E-state index in [-0.39, 0.29) is 0 Å². The number of hydrogen-bond donors (Lipinski definition) is 1. The maximum absolute atomic E-state index is 12.3. The first-order valence-electron chi connectivity index (χ1n) is 9.66. The van der Waals surface area contributed by atoms with Crippen LogP contribution in [0.3, 0.4) is 0 Å². The summed E-state index contributed by atoms with van der Waals surface area (Å²) in [6.45, 7) is 1.73. The zero-order valence-corrected chi connectivity index (χ0v) is 14.8. The lowest BCUT2D eigenvalue weighted by Gasteiger charge is -2.55. The predicted molar refractivity (Wildman–Crippen MR) is 105 cm³/mol. The van der Waals surface area contributed by atoms with Gasteiger partial charge in [0.05, 0.1) is 0 Å². The second-order valence-electron chi connectivity index (χ2n) is 7.83. The van der Waals surface area contributed by atoms with Crippen molar-refractivity contribution in [2.45, 2.75) is 30.8 Å². The summed E-state index contributed by atoms with van der Waals surface area (Å²) in [5.41, 5.74) is 3.84. The Labute approximate surface area is 154 Å². The summed E-state index contributed by atoms with van der Waals surface area (Å²) in [5.74, 6) is 1.27. The van der Waals surface area contributed by atoms with Gasteiger partial charge in [-0.3, -0.25) is 4.79 Å². The number of carbonyl (C=O) groups is 1. The van der Waals surface area contributed by atoms with E-state index in [1.165, 1.54) is 16.7 Å². The molecular formula is C23H24N2O. The minimum Gasteiger partial charge on any atom is -0.339 e. The first kappa shape index (κ1) is 15.8. The van der Waals surface area contributed by atoms with Gasteiger partial charge in [0.2, 0.25) is 5.91 Å². The van der Waals surface area contributed by atoms with Crippen molar-refractivity contribution in [1.29, 1.82) is 0 Å². The predicted octanol–water partition coefficient (Wildman–Crippen LogP) is 3.53. The van der Waals surface area contributed by atoms with Crippen molar-refractivity contribution in [3.05, 3.63) is 71.3 Å². The fourth-order valence-corrected chi connectivity index (χ4v) is 4.35. The van der Waals surface area contributed by atoms with E-state index in [0.29, 0.717) is 29.8 Å². The minimum atomic E-state index is 0.335. The smallest absolute Gasteiger partial charge is 0.225 e. The van der Waals surface area contributed by atoms with Gasteiger partial charge in [-0.15, -0.1) is 0 Å². The highest BCUT2D eigenvalue weighted by Crippen LogP contribution is 2.39. The number of piperazine rings is 1. The highest BCUT2D eigenvalue weighted by Gasteiger charge is 2.49. The summed E-state index contributed by atoms with van der Waals surface area (Å²) in [7, 11) is 0. The molecule has 3 nitrogen and oxygen atoms in total. The Hall–Kier alpha value is -2.39. The summed E-state index contributed by atoms with van der Waals surface area (Å²) in [4.78, 5) is 14.4. The maximum Gasteiger partial charge on any atom is 0.225 e. The molecule has 1 N–H and O–H groups in total. The maximum atomic E-state index is 12.3. The Bertz CT molecular complexity index is 811. The molecule has 3 heteroatoms. The van der Waals surface area contributed by atoms with Crippen LogP contribution in [-0.2, 0) is 4.79 Å². The fourth-order valence-electron chi connectivity index (χ4n) is 4.35. The third-order valence-electron chi connectivity index (χ3n) is 5.96. The summed E-state index contributed by atoms with van der Waals surface area (Å²) in [5, 5.41) is 3.63. The third kappa shape index (κ3) is 2.97. The molecule has 1 saturated carbocycles. The van der Waals surface area contributed by atoms with Crippen LogP contribution in [0.5, 0.6) is 0 Å². The van der Waals surface area contributed by atoms with Crippen LogP contribution >= 0.6 is 0 Å². The number of nitrogens with one attached hydrogen (secondary N) is 1.